The van der Waals surface area contributed by atoms with Crippen molar-refractivity contribution in [2.75, 3.05) is 0 Å². The van der Waals surface area contributed by atoms with Crippen LogP contribution >= 0.6 is 11.3 Å². The Morgan fingerprint density at radius 1 is 1.19 bits per heavy atom. The van der Waals surface area contributed by atoms with Crippen LogP contribution in [-0.2, 0) is 24.1 Å². The summed E-state index contributed by atoms with van der Waals surface area (Å²) in [7, 11) is 0. The molecule has 5 rings (SSSR count). The monoisotopic (exact) mass is 522 g/mol. The maximum atomic E-state index is 14.5. The number of halogens is 4. The van der Waals surface area contributed by atoms with Crippen LogP contribution in [0.1, 0.15) is 23.1 Å². The second-order valence-corrected chi connectivity index (χ2v) is 9.06. The van der Waals surface area contributed by atoms with Crippen molar-refractivity contribution < 1.29 is 31.6 Å². The lowest BCUT2D eigenvalue weighted by molar-refractivity contribution is -0.137. The highest BCUT2D eigenvalue weighted by atomic mass is 32.1. The number of hydrogen-bond donors (Lipinski definition) is 2. The predicted molar refractivity (Wildman–Crippen MR) is 121 cm³/mol. The van der Waals surface area contributed by atoms with Gasteiger partial charge >= 0.3 is 11.9 Å². The molecule has 2 aromatic carbocycles. The summed E-state index contributed by atoms with van der Waals surface area (Å²) in [6.45, 7) is 2.33. The molecule has 0 spiro atoms. The lowest BCUT2D eigenvalue weighted by Crippen LogP contribution is -2.19. The molecule has 0 radical (unpaired) electrons. The normalized spacial score (nSPS) is 17.4. The summed E-state index contributed by atoms with van der Waals surface area (Å²) < 4.78 is 68.8. The molecule has 1 aliphatic heterocycles. The molecule has 2 atom stereocenters. The van der Waals surface area contributed by atoms with E-state index in [2.05, 4.69) is 25.0 Å². The first-order valence-corrected chi connectivity index (χ1v) is 11.5. The summed E-state index contributed by atoms with van der Waals surface area (Å²) in [5.41, 5.74) is 0.482. The van der Waals surface area contributed by atoms with Crippen molar-refractivity contribution in [1.29, 1.82) is 0 Å². The lowest BCUT2D eigenvalue weighted by atomic mass is 10.1. The van der Waals surface area contributed by atoms with Gasteiger partial charge in [-0.15, -0.1) is 11.3 Å². The van der Waals surface area contributed by atoms with Gasteiger partial charge in [0.2, 0.25) is 0 Å². The number of H-pyrrole nitrogens is 1. The largest absolute Gasteiger partial charge is 0.488 e. The summed E-state index contributed by atoms with van der Waals surface area (Å²) in [6, 6.07) is 8.83. The van der Waals surface area contributed by atoms with Gasteiger partial charge in [0.05, 0.1) is 27.8 Å². The standard InChI is InChI=1S/C23H18F4N4O4S/c1-11-20(34-11)28-9-17-18(36-21(29-17)12-2-4-13(5-3-12)23(25,26)27)10-33-14-6-7-15(16(24)8-14)19-30-22(32)35-31-19/h2-8,11,20,28H,9-10H2,1H3,(H,30,31,32). The van der Waals surface area contributed by atoms with Crippen molar-refractivity contribution in [3.05, 3.63) is 75.0 Å². The number of alkyl halides is 3. The SMILES string of the molecule is CC1OC1NCc1nc(-c2ccc(C(F)(F)F)cc2)sc1COc1ccc(-c2noc(=O)[nH]2)c(F)c1. The van der Waals surface area contributed by atoms with Crippen LogP contribution in [0.3, 0.4) is 0 Å². The van der Waals surface area contributed by atoms with E-state index in [9.17, 15) is 22.4 Å². The number of rotatable bonds is 8. The molecule has 4 aromatic rings. The van der Waals surface area contributed by atoms with E-state index >= 15 is 0 Å². The van der Waals surface area contributed by atoms with Crippen molar-refractivity contribution in [3.63, 3.8) is 0 Å². The highest BCUT2D eigenvalue weighted by Gasteiger charge is 2.34. The number of ether oxygens (including phenoxy) is 2. The van der Waals surface area contributed by atoms with E-state index in [0.717, 1.165) is 23.1 Å². The lowest BCUT2D eigenvalue weighted by Gasteiger charge is -2.08. The molecule has 2 aromatic heterocycles. The minimum Gasteiger partial charge on any atom is -0.488 e. The average molecular weight is 522 g/mol. The zero-order valence-corrected chi connectivity index (χ0v) is 19.4. The third-order valence-corrected chi connectivity index (χ3v) is 6.55. The van der Waals surface area contributed by atoms with Gasteiger partial charge in [0.15, 0.2) is 5.82 Å². The molecule has 1 aliphatic rings. The Balaban J connectivity index is 1.35. The molecule has 2 unspecified atom stereocenters. The summed E-state index contributed by atoms with van der Waals surface area (Å²) >= 11 is 1.27. The minimum atomic E-state index is -4.43. The van der Waals surface area contributed by atoms with Crippen LogP contribution in [0.25, 0.3) is 22.0 Å². The first-order chi connectivity index (χ1) is 17.2. The van der Waals surface area contributed by atoms with Gasteiger partial charge in [-0.3, -0.25) is 14.8 Å². The second-order valence-electron chi connectivity index (χ2n) is 7.98. The van der Waals surface area contributed by atoms with Crippen LogP contribution in [0.4, 0.5) is 17.6 Å². The number of epoxide rings is 1. The predicted octanol–water partition coefficient (Wildman–Crippen LogP) is 4.72. The molecule has 1 saturated heterocycles. The molecule has 8 nitrogen and oxygen atoms in total. The molecule has 0 bridgehead atoms. The summed E-state index contributed by atoms with van der Waals surface area (Å²) in [5, 5.41) is 7.20. The highest BCUT2D eigenvalue weighted by molar-refractivity contribution is 7.15. The van der Waals surface area contributed by atoms with Gasteiger partial charge in [0.25, 0.3) is 0 Å². The number of aromatic nitrogens is 3. The van der Waals surface area contributed by atoms with Gasteiger partial charge in [-0.1, -0.05) is 17.3 Å². The minimum absolute atomic E-state index is 0.0408. The topological polar surface area (TPSA) is 106 Å². The Bertz CT molecular complexity index is 1430. The molecular formula is C23H18F4N4O4S. The highest BCUT2D eigenvalue weighted by Crippen LogP contribution is 2.34. The molecule has 0 amide bonds. The van der Waals surface area contributed by atoms with E-state index in [0.29, 0.717) is 22.8 Å². The van der Waals surface area contributed by atoms with Crippen molar-refractivity contribution in [2.24, 2.45) is 0 Å². The molecule has 2 N–H and O–H groups in total. The van der Waals surface area contributed by atoms with Crippen LogP contribution in [0.5, 0.6) is 5.75 Å². The second kappa shape index (κ2) is 9.48. The quantitative estimate of drug-likeness (QED) is 0.255. The fourth-order valence-electron chi connectivity index (χ4n) is 3.43. The van der Waals surface area contributed by atoms with E-state index in [4.69, 9.17) is 9.47 Å². The number of nitrogens with one attached hydrogen (secondary N) is 2. The van der Waals surface area contributed by atoms with E-state index < -0.39 is 23.3 Å². The molecule has 1 fully saturated rings. The Kier molecular flexibility index (Phi) is 6.36. The Labute approximate surface area is 204 Å². The molecule has 188 valence electrons. The van der Waals surface area contributed by atoms with Gasteiger partial charge in [-0.25, -0.2) is 14.2 Å². The summed E-state index contributed by atoms with van der Waals surface area (Å²) in [4.78, 5) is 18.7. The summed E-state index contributed by atoms with van der Waals surface area (Å²) in [6.07, 6.45) is -4.44. The fraction of sp³-hybridized carbons (Fsp3) is 0.261. The Morgan fingerprint density at radius 3 is 2.56 bits per heavy atom. The Morgan fingerprint density at radius 2 is 1.94 bits per heavy atom. The van der Waals surface area contributed by atoms with Crippen LogP contribution in [0, 0.1) is 5.82 Å². The number of thiazole rings is 1. The van der Waals surface area contributed by atoms with Crippen LogP contribution in [-0.4, -0.2) is 27.5 Å². The molecule has 36 heavy (non-hydrogen) atoms. The van der Waals surface area contributed by atoms with E-state index in [1.165, 1.54) is 35.6 Å². The van der Waals surface area contributed by atoms with Crippen LogP contribution in [0.2, 0.25) is 0 Å². The van der Waals surface area contributed by atoms with Crippen molar-refractivity contribution in [3.8, 4) is 27.7 Å². The van der Waals surface area contributed by atoms with Gasteiger partial charge in [-0.2, -0.15) is 13.2 Å². The maximum Gasteiger partial charge on any atom is 0.439 e. The average Bonchev–Trinajstić information content (AvgIpc) is 3.18. The third-order valence-electron chi connectivity index (χ3n) is 5.43. The fourth-order valence-corrected chi connectivity index (χ4v) is 4.43. The summed E-state index contributed by atoms with van der Waals surface area (Å²) in [5.74, 6) is -1.29. The van der Waals surface area contributed by atoms with Crippen molar-refractivity contribution >= 4 is 11.3 Å². The number of aromatic amines is 1. The number of hydrogen-bond acceptors (Lipinski definition) is 8. The molecule has 0 aliphatic carbocycles. The molecular weight excluding hydrogens is 504 g/mol. The van der Waals surface area contributed by atoms with Gasteiger partial charge in [-0.05, 0) is 31.2 Å². The van der Waals surface area contributed by atoms with Crippen LogP contribution in [0.15, 0.2) is 51.8 Å². The molecule has 0 saturated carbocycles. The van der Waals surface area contributed by atoms with Gasteiger partial charge in [0.1, 0.15) is 29.4 Å². The molecule has 3 heterocycles. The van der Waals surface area contributed by atoms with Gasteiger partial charge < -0.3 is 9.47 Å². The maximum absolute atomic E-state index is 14.5. The zero-order chi connectivity index (χ0) is 25.4. The first-order valence-electron chi connectivity index (χ1n) is 10.7. The van der Waals surface area contributed by atoms with Crippen molar-refractivity contribution in [2.45, 2.75) is 38.6 Å². The first kappa shape index (κ1) is 24.2. The van der Waals surface area contributed by atoms with E-state index in [1.807, 2.05) is 6.92 Å². The molecule has 13 heteroatoms. The zero-order valence-electron chi connectivity index (χ0n) is 18.6. The van der Waals surface area contributed by atoms with Crippen molar-refractivity contribution in [1.82, 2.24) is 20.4 Å². The number of nitrogens with zero attached hydrogens (tertiary/aromatic N) is 2. The Hall–Kier alpha value is -3.55. The smallest absolute Gasteiger partial charge is 0.439 e. The third kappa shape index (κ3) is 5.32. The van der Waals surface area contributed by atoms with E-state index in [1.54, 1.807) is 0 Å². The van der Waals surface area contributed by atoms with E-state index in [-0.39, 0.29) is 36.1 Å². The van der Waals surface area contributed by atoms with Crippen LogP contribution < -0.4 is 15.8 Å². The van der Waals surface area contributed by atoms with Gasteiger partial charge in [0, 0.05) is 18.2 Å². The number of benzene rings is 2.